The molecule has 1 atom stereocenters. The Morgan fingerprint density at radius 2 is 2.10 bits per heavy atom. The summed E-state index contributed by atoms with van der Waals surface area (Å²) in [6.07, 6.45) is 3.86. The molecule has 1 aliphatic heterocycles. The van der Waals surface area contributed by atoms with Gasteiger partial charge in [-0.3, -0.25) is 4.98 Å². The molecular formula is C15H26N4O. The first kappa shape index (κ1) is 15.2. The highest BCUT2D eigenvalue weighted by Crippen LogP contribution is 2.16. The van der Waals surface area contributed by atoms with Crippen LogP contribution in [0, 0.1) is 19.8 Å². The van der Waals surface area contributed by atoms with Crippen LogP contribution in [-0.2, 0) is 0 Å². The van der Waals surface area contributed by atoms with E-state index < -0.39 is 0 Å². The van der Waals surface area contributed by atoms with Crippen LogP contribution in [0.4, 0.5) is 5.82 Å². The van der Waals surface area contributed by atoms with Crippen LogP contribution >= 0.6 is 0 Å². The maximum atomic E-state index is 10.1. The van der Waals surface area contributed by atoms with E-state index in [1.807, 2.05) is 13.8 Å². The lowest BCUT2D eigenvalue weighted by Gasteiger charge is -2.31. The third-order valence-electron chi connectivity index (χ3n) is 3.93. The summed E-state index contributed by atoms with van der Waals surface area (Å²) in [4.78, 5) is 11.0. The normalized spacial score (nSPS) is 19.0. The van der Waals surface area contributed by atoms with Crippen molar-refractivity contribution in [1.29, 1.82) is 0 Å². The van der Waals surface area contributed by atoms with E-state index in [9.17, 15) is 5.11 Å². The van der Waals surface area contributed by atoms with E-state index in [2.05, 4.69) is 27.1 Å². The minimum atomic E-state index is -0.370. The zero-order chi connectivity index (χ0) is 14.5. The van der Waals surface area contributed by atoms with Crippen molar-refractivity contribution in [2.24, 2.45) is 5.92 Å². The SMILES string of the molecule is Cc1cnc(C)c(NC[C@H](O)CN2CCC(C)CC2)n1. The number of aryl methyl sites for hydroxylation is 2. The first-order valence-corrected chi connectivity index (χ1v) is 7.49. The van der Waals surface area contributed by atoms with Crippen LogP contribution in [0.1, 0.15) is 31.2 Å². The highest BCUT2D eigenvalue weighted by Gasteiger charge is 2.18. The van der Waals surface area contributed by atoms with Crippen molar-refractivity contribution >= 4 is 5.82 Å². The Bertz CT molecular complexity index is 430. The highest BCUT2D eigenvalue weighted by molar-refractivity contribution is 5.39. The van der Waals surface area contributed by atoms with Gasteiger partial charge >= 0.3 is 0 Å². The Morgan fingerprint density at radius 1 is 1.40 bits per heavy atom. The van der Waals surface area contributed by atoms with Gasteiger partial charge in [-0.2, -0.15) is 0 Å². The van der Waals surface area contributed by atoms with Gasteiger partial charge in [0.2, 0.25) is 0 Å². The largest absolute Gasteiger partial charge is 0.390 e. The molecule has 0 bridgehead atoms. The minimum absolute atomic E-state index is 0.370. The number of nitrogens with zero attached hydrogens (tertiary/aromatic N) is 3. The van der Waals surface area contributed by atoms with Crippen LogP contribution in [0.3, 0.4) is 0 Å². The molecule has 0 amide bonds. The van der Waals surface area contributed by atoms with Crippen LogP contribution < -0.4 is 5.32 Å². The fraction of sp³-hybridized carbons (Fsp3) is 0.733. The van der Waals surface area contributed by atoms with Crippen LogP contribution in [0.5, 0.6) is 0 Å². The maximum absolute atomic E-state index is 10.1. The van der Waals surface area contributed by atoms with E-state index in [0.29, 0.717) is 6.54 Å². The van der Waals surface area contributed by atoms with Gasteiger partial charge in [0.15, 0.2) is 0 Å². The second kappa shape index (κ2) is 6.99. The average Bonchev–Trinajstić information content (AvgIpc) is 2.42. The van der Waals surface area contributed by atoms with E-state index in [1.165, 1.54) is 12.8 Å². The molecule has 0 spiro atoms. The van der Waals surface area contributed by atoms with Gasteiger partial charge in [0, 0.05) is 19.3 Å². The predicted octanol–water partition coefficient (Wildman–Crippen LogP) is 1.60. The number of nitrogens with one attached hydrogen (secondary N) is 1. The lowest BCUT2D eigenvalue weighted by atomic mass is 9.99. The summed E-state index contributed by atoms with van der Waals surface area (Å²) in [5.41, 5.74) is 1.76. The number of aliphatic hydroxyl groups excluding tert-OH is 1. The van der Waals surface area contributed by atoms with Gasteiger partial charge in [-0.15, -0.1) is 0 Å². The molecule has 0 aliphatic carbocycles. The molecule has 20 heavy (non-hydrogen) atoms. The van der Waals surface area contributed by atoms with E-state index in [-0.39, 0.29) is 6.10 Å². The Morgan fingerprint density at radius 3 is 2.80 bits per heavy atom. The van der Waals surface area contributed by atoms with Crippen molar-refractivity contribution < 1.29 is 5.11 Å². The van der Waals surface area contributed by atoms with Gasteiger partial charge in [-0.05, 0) is 45.7 Å². The summed E-state index contributed by atoms with van der Waals surface area (Å²) < 4.78 is 0. The van der Waals surface area contributed by atoms with E-state index >= 15 is 0 Å². The Kier molecular flexibility index (Phi) is 5.31. The lowest BCUT2D eigenvalue weighted by molar-refractivity contribution is 0.0989. The second-order valence-corrected chi connectivity index (χ2v) is 5.96. The van der Waals surface area contributed by atoms with Crippen LogP contribution in [0.15, 0.2) is 6.20 Å². The number of piperidine rings is 1. The zero-order valence-electron chi connectivity index (χ0n) is 12.8. The van der Waals surface area contributed by atoms with Gasteiger partial charge in [0.1, 0.15) is 5.82 Å². The van der Waals surface area contributed by atoms with Gasteiger partial charge in [0.05, 0.1) is 17.5 Å². The van der Waals surface area contributed by atoms with E-state index in [1.54, 1.807) is 6.20 Å². The lowest BCUT2D eigenvalue weighted by Crippen LogP contribution is -2.40. The van der Waals surface area contributed by atoms with Crippen LogP contribution in [-0.4, -0.2) is 52.3 Å². The quantitative estimate of drug-likeness (QED) is 0.856. The molecule has 2 N–H and O–H groups in total. The maximum Gasteiger partial charge on any atom is 0.147 e. The molecule has 112 valence electrons. The Balaban J connectivity index is 1.77. The summed E-state index contributed by atoms with van der Waals surface area (Å²) in [6, 6.07) is 0. The smallest absolute Gasteiger partial charge is 0.147 e. The number of β-amino-alcohol motifs (C(OH)–C–C–N with tert-alkyl or cyclic N) is 1. The number of likely N-dealkylation sites (tertiary alicyclic amines) is 1. The molecule has 1 aliphatic rings. The van der Waals surface area contributed by atoms with Crippen LogP contribution in [0.25, 0.3) is 0 Å². The second-order valence-electron chi connectivity index (χ2n) is 5.96. The Hall–Kier alpha value is -1.20. The first-order chi connectivity index (χ1) is 9.54. The monoisotopic (exact) mass is 278 g/mol. The molecule has 1 aromatic rings. The molecule has 2 heterocycles. The third-order valence-corrected chi connectivity index (χ3v) is 3.93. The summed E-state index contributed by atoms with van der Waals surface area (Å²) in [7, 11) is 0. The number of rotatable bonds is 5. The summed E-state index contributed by atoms with van der Waals surface area (Å²) >= 11 is 0. The molecule has 1 aromatic heterocycles. The first-order valence-electron chi connectivity index (χ1n) is 7.49. The van der Waals surface area contributed by atoms with Crippen molar-refractivity contribution in [3.05, 3.63) is 17.6 Å². The summed E-state index contributed by atoms with van der Waals surface area (Å²) in [5.74, 6) is 1.60. The molecule has 0 aromatic carbocycles. The number of hydrogen-bond donors (Lipinski definition) is 2. The van der Waals surface area contributed by atoms with Crippen LogP contribution in [0.2, 0.25) is 0 Å². The molecule has 5 heteroatoms. The van der Waals surface area contributed by atoms with Crippen molar-refractivity contribution in [3.63, 3.8) is 0 Å². The van der Waals surface area contributed by atoms with Gasteiger partial charge in [-0.1, -0.05) is 6.92 Å². The Labute approximate surface area is 121 Å². The van der Waals surface area contributed by atoms with E-state index in [4.69, 9.17) is 0 Å². The highest BCUT2D eigenvalue weighted by atomic mass is 16.3. The number of hydrogen-bond acceptors (Lipinski definition) is 5. The molecule has 2 rings (SSSR count). The molecule has 1 saturated heterocycles. The summed E-state index contributed by atoms with van der Waals surface area (Å²) in [5, 5.41) is 13.3. The van der Waals surface area contributed by atoms with Crippen molar-refractivity contribution in [2.75, 3.05) is 31.5 Å². The fourth-order valence-corrected chi connectivity index (χ4v) is 2.53. The van der Waals surface area contributed by atoms with Crippen molar-refractivity contribution in [2.45, 2.75) is 39.7 Å². The third kappa shape index (κ3) is 4.42. The van der Waals surface area contributed by atoms with Crippen molar-refractivity contribution in [3.8, 4) is 0 Å². The molecule has 1 fully saturated rings. The van der Waals surface area contributed by atoms with Crippen molar-refractivity contribution in [1.82, 2.24) is 14.9 Å². The summed E-state index contributed by atoms with van der Waals surface area (Å²) in [6.45, 7) is 9.59. The number of aliphatic hydroxyl groups is 1. The number of anilines is 1. The van der Waals surface area contributed by atoms with Gasteiger partial charge in [-0.25, -0.2) is 4.98 Å². The fourth-order valence-electron chi connectivity index (χ4n) is 2.53. The molecule has 0 unspecified atom stereocenters. The van der Waals surface area contributed by atoms with Gasteiger partial charge in [0.25, 0.3) is 0 Å². The minimum Gasteiger partial charge on any atom is -0.390 e. The molecule has 5 nitrogen and oxygen atoms in total. The number of aromatic nitrogens is 2. The van der Waals surface area contributed by atoms with Gasteiger partial charge < -0.3 is 15.3 Å². The predicted molar refractivity (Wildman–Crippen MR) is 80.8 cm³/mol. The standard InChI is InChI=1S/C15H26N4O/c1-11-4-6-19(7-5-11)10-14(20)9-17-15-13(3)16-8-12(2)18-15/h8,11,14,20H,4-7,9-10H2,1-3H3,(H,17,18)/t14-/m0/s1. The average molecular weight is 278 g/mol. The molecule has 0 saturated carbocycles. The molecule has 0 radical (unpaired) electrons. The topological polar surface area (TPSA) is 61.3 Å². The van der Waals surface area contributed by atoms with E-state index in [0.717, 1.165) is 42.8 Å². The molecular weight excluding hydrogens is 252 g/mol. The zero-order valence-corrected chi connectivity index (χ0v) is 12.8.